The molecule has 1 aliphatic carbocycles. The molecule has 30 heavy (non-hydrogen) atoms. The van der Waals surface area contributed by atoms with Crippen molar-refractivity contribution in [3.63, 3.8) is 0 Å². The summed E-state index contributed by atoms with van der Waals surface area (Å²) in [6.07, 6.45) is 7.33. The van der Waals surface area contributed by atoms with Crippen LogP contribution >= 0.6 is 0 Å². The molecule has 8 heteroatoms. The highest BCUT2D eigenvalue weighted by atomic mass is 16.6. The zero-order valence-corrected chi connectivity index (χ0v) is 17.8. The van der Waals surface area contributed by atoms with Gasteiger partial charge in [-0.3, -0.25) is 10.00 Å². The highest BCUT2D eigenvalue weighted by molar-refractivity contribution is 5.83. The van der Waals surface area contributed by atoms with Crippen molar-refractivity contribution in [2.45, 2.75) is 52.2 Å². The highest BCUT2D eigenvalue weighted by Gasteiger charge is 2.29. The van der Waals surface area contributed by atoms with Crippen LogP contribution in [0.15, 0.2) is 30.6 Å². The smallest absolute Gasteiger partial charge is 0.413 e. The van der Waals surface area contributed by atoms with Crippen molar-refractivity contribution in [2.24, 2.45) is 5.92 Å². The van der Waals surface area contributed by atoms with Gasteiger partial charge in [-0.15, -0.1) is 0 Å². The van der Waals surface area contributed by atoms with Crippen molar-refractivity contribution in [1.29, 1.82) is 0 Å². The van der Waals surface area contributed by atoms with Crippen molar-refractivity contribution in [3.05, 3.63) is 36.3 Å². The number of aromatic nitrogens is 3. The van der Waals surface area contributed by atoms with Crippen LogP contribution in [0.5, 0.6) is 11.5 Å². The fraction of sp³-hybridized carbons (Fsp3) is 0.500. The number of pyridine rings is 1. The van der Waals surface area contributed by atoms with Crippen LogP contribution in [0.4, 0.5) is 10.6 Å². The van der Waals surface area contributed by atoms with Crippen LogP contribution in [-0.2, 0) is 9.47 Å². The Bertz CT molecular complexity index is 956. The van der Waals surface area contributed by atoms with Crippen molar-refractivity contribution in [3.8, 4) is 11.5 Å². The number of nitrogens with one attached hydrogen (secondary N) is 1. The topological polar surface area (TPSA) is 87.5 Å². The predicted molar refractivity (Wildman–Crippen MR) is 113 cm³/mol. The summed E-state index contributed by atoms with van der Waals surface area (Å²) in [5.41, 5.74) is 1.39. The molecule has 0 bridgehead atoms. The summed E-state index contributed by atoms with van der Waals surface area (Å²) in [5.74, 6) is 1.85. The highest BCUT2D eigenvalue weighted by Crippen LogP contribution is 2.40. The fourth-order valence-corrected chi connectivity index (χ4v) is 3.27. The van der Waals surface area contributed by atoms with E-state index in [1.165, 1.54) is 0 Å². The van der Waals surface area contributed by atoms with E-state index in [0.29, 0.717) is 36.6 Å². The van der Waals surface area contributed by atoms with Crippen LogP contribution in [0, 0.1) is 5.92 Å². The molecule has 2 aromatic rings. The normalized spacial score (nSPS) is 19.2. The van der Waals surface area contributed by atoms with Gasteiger partial charge in [0.25, 0.3) is 0 Å². The summed E-state index contributed by atoms with van der Waals surface area (Å²) >= 11 is 0. The van der Waals surface area contributed by atoms with Gasteiger partial charge in [0.15, 0.2) is 5.75 Å². The van der Waals surface area contributed by atoms with Gasteiger partial charge in [0.1, 0.15) is 22.9 Å². The molecular weight excluding hydrogens is 384 g/mol. The minimum atomic E-state index is -0.585. The Labute approximate surface area is 176 Å². The lowest BCUT2D eigenvalue weighted by atomic mass is 9.97. The molecule has 1 atom stereocenters. The molecule has 2 aliphatic rings. The van der Waals surface area contributed by atoms with Gasteiger partial charge in [-0.05, 0) is 45.3 Å². The summed E-state index contributed by atoms with van der Waals surface area (Å²) in [5, 5.41) is 7.46. The van der Waals surface area contributed by atoms with Crippen LogP contribution in [0.2, 0.25) is 0 Å². The minimum Gasteiger partial charge on any atom is -0.453 e. The zero-order chi connectivity index (χ0) is 21.3. The van der Waals surface area contributed by atoms with Gasteiger partial charge in [0.05, 0.1) is 25.5 Å². The number of amides is 1. The second-order valence-corrected chi connectivity index (χ2v) is 8.76. The Morgan fingerprint density at radius 2 is 2.13 bits per heavy atom. The van der Waals surface area contributed by atoms with Crippen LogP contribution in [-0.4, -0.2) is 39.7 Å². The van der Waals surface area contributed by atoms with E-state index >= 15 is 0 Å². The number of hydrogen-bond donors (Lipinski definition) is 1. The van der Waals surface area contributed by atoms with Crippen LogP contribution < -0.4 is 10.1 Å². The molecule has 1 amide bonds. The number of hydrogen-bond acceptors (Lipinski definition) is 6. The SMILES string of the molecule is CC1COCC=C1c1nn(C2CC2)cc1Oc1ccnc(NC(=O)OC(C)(C)C)c1. The third kappa shape index (κ3) is 4.99. The first-order valence-corrected chi connectivity index (χ1v) is 10.3. The van der Waals surface area contributed by atoms with Crippen molar-refractivity contribution < 1.29 is 19.0 Å². The number of carbonyl (C=O) groups excluding carboxylic acids is 1. The standard InChI is InChI=1S/C22H28N4O4/c1-14-13-28-10-8-17(14)20-18(12-26(25-20)15-5-6-15)29-16-7-9-23-19(11-16)24-21(27)30-22(2,3)4/h7-9,11-12,14-15H,5-6,10,13H2,1-4H3,(H,23,24,27). The first-order chi connectivity index (χ1) is 14.3. The van der Waals surface area contributed by atoms with Gasteiger partial charge < -0.3 is 14.2 Å². The van der Waals surface area contributed by atoms with E-state index in [9.17, 15) is 4.79 Å². The molecule has 1 N–H and O–H groups in total. The monoisotopic (exact) mass is 412 g/mol. The van der Waals surface area contributed by atoms with Gasteiger partial charge in [0, 0.05) is 18.2 Å². The average Bonchev–Trinajstić information content (AvgIpc) is 3.42. The van der Waals surface area contributed by atoms with E-state index in [4.69, 9.17) is 19.3 Å². The van der Waals surface area contributed by atoms with Crippen LogP contribution in [0.25, 0.3) is 5.57 Å². The lowest BCUT2D eigenvalue weighted by molar-refractivity contribution is 0.0635. The Morgan fingerprint density at radius 1 is 1.33 bits per heavy atom. The molecule has 160 valence electrons. The largest absolute Gasteiger partial charge is 0.453 e. The average molecular weight is 412 g/mol. The number of nitrogens with zero attached hydrogens (tertiary/aromatic N) is 3. The Morgan fingerprint density at radius 3 is 2.83 bits per heavy atom. The maximum absolute atomic E-state index is 12.0. The molecule has 3 heterocycles. The van der Waals surface area contributed by atoms with Gasteiger partial charge in [0.2, 0.25) is 0 Å². The summed E-state index contributed by atoms with van der Waals surface area (Å²) in [6, 6.07) is 3.86. The number of anilines is 1. The summed E-state index contributed by atoms with van der Waals surface area (Å²) in [6.45, 7) is 8.80. The third-order valence-electron chi connectivity index (χ3n) is 4.80. The van der Waals surface area contributed by atoms with E-state index in [0.717, 1.165) is 24.1 Å². The van der Waals surface area contributed by atoms with E-state index in [1.807, 2.05) is 31.6 Å². The predicted octanol–water partition coefficient (Wildman–Crippen LogP) is 4.80. The molecule has 0 aromatic carbocycles. The first kappa shape index (κ1) is 20.4. The molecule has 1 unspecified atom stereocenters. The van der Waals surface area contributed by atoms with Gasteiger partial charge in [-0.1, -0.05) is 13.0 Å². The fourth-order valence-electron chi connectivity index (χ4n) is 3.27. The maximum Gasteiger partial charge on any atom is 0.413 e. The molecule has 4 rings (SSSR count). The van der Waals surface area contributed by atoms with E-state index < -0.39 is 11.7 Å². The lowest BCUT2D eigenvalue weighted by Gasteiger charge is -2.20. The summed E-state index contributed by atoms with van der Waals surface area (Å²) < 4.78 is 19.0. The van der Waals surface area contributed by atoms with Crippen molar-refractivity contribution in [1.82, 2.24) is 14.8 Å². The first-order valence-electron chi connectivity index (χ1n) is 10.3. The second kappa shape index (κ2) is 8.10. The number of ether oxygens (including phenoxy) is 3. The van der Waals surface area contributed by atoms with E-state index in [1.54, 1.807) is 18.3 Å². The van der Waals surface area contributed by atoms with Gasteiger partial charge in [-0.25, -0.2) is 9.78 Å². The molecule has 0 radical (unpaired) electrons. The molecule has 0 spiro atoms. The van der Waals surface area contributed by atoms with E-state index in [-0.39, 0.29) is 5.92 Å². The summed E-state index contributed by atoms with van der Waals surface area (Å²) in [4.78, 5) is 16.2. The zero-order valence-electron chi connectivity index (χ0n) is 17.8. The number of rotatable bonds is 5. The molecule has 1 saturated carbocycles. The van der Waals surface area contributed by atoms with Gasteiger partial charge in [-0.2, -0.15) is 5.10 Å². The Balaban J connectivity index is 1.55. The van der Waals surface area contributed by atoms with Crippen LogP contribution in [0.3, 0.4) is 0 Å². The molecule has 1 aliphatic heterocycles. The van der Waals surface area contributed by atoms with Crippen molar-refractivity contribution in [2.75, 3.05) is 18.5 Å². The minimum absolute atomic E-state index is 0.241. The molecule has 1 fully saturated rings. The quantitative estimate of drug-likeness (QED) is 0.759. The van der Waals surface area contributed by atoms with Crippen molar-refractivity contribution >= 4 is 17.5 Å². The Hall–Kier alpha value is -2.87. The van der Waals surface area contributed by atoms with Crippen LogP contribution in [0.1, 0.15) is 52.3 Å². The second-order valence-electron chi connectivity index (χ2n) is 8.76. The summed E-state index contributed by atoms with van der Waals surface area (Å²) in [7, 11) is 0. The maximum atomic E-state index is 12.0. The molecule has 8 nitrogen and oxygen atoms in total. The molecular formula is C22H28N4O4. The number of carbonyl (C=O) groups is 1. The molecule has 2 aromatic heterocycles. The van der Waals surface area contributed by atoms with Gasteiger partial charge >= 0.3 is 6.09 Å². The molecule has 0 saturated heterocycles. The third-order valence-corrected chi connectivity index (χ3v) is 4.80. The lowest BCUT2D eigenvalue weighted by Crippen LogP contribution is -2.27. The Kier molecular flexibility index (Phi) is 5.51. The van der Waals surface area contributed by atoms with E-state index in [2.05, 4.69) is 23.3 Å².